The largest absolute Gasteiger partial charge is 0.378 e. The molecule has 0 saturated carbocycles. The summed E-state index contributed by atoms with van der Waals surface area (Å²) >= 11 is 6.03. The fourth-order valence-electron chi connectivity index (χ4n) is 3.50. The molecule has 0 aliphatic heterocycles. The lowest BCUT2D eigenvalue weighted by molar-refractivity contribution is -0.133. The number of carbonyl (C=O) groups excluding carboxylic acids is 1. The normalized spacial score (nSPS) is 13.2. The maximum Gasteiger partial charge on any atom is 0.257 e. The standard InChI is InChI=1S/C23H18ClN3O2/c1-23(29,22(28)26-16-11-10-15(13-25)19(24)12-16)14-27-20-8-4-2-6-17(20)18-7-3-5-9-21(18)27/h2-12,29H,14H2,1H3,(H,26,28). The molecule has 144 valence electrons. The Morgan fingerprint density at radius 3 is 2.24 bits per heavy atom. The molecule has 1 unspecified atom stereocenters. The van der Waals surface area contributed by atoms with E-state index in [9.17, 15) is 9.90 Å². The molecule has 3 aromatic carbocycles. The van der Waals surface area contributed by atoms with Crippen LogP contribution in [0.3, 0.4) is 0 Å². The van der Waals surface area contributed by atoms with Gasteiger partial charge in [-0.1, -0.05) is 48.0 Å². The summed E-state index contributed by atoms with van der Waals surface area (Å²) in [6.45, 7) is 1.56. The van der Waals surface area contributed by atoms with Crippen LogP contribution in [0.1, 0.15) is 12.5 Å². The summed E-state index contributed by atoms with van der Waals surface area (Å²) in [5.74, 6) is -0.555. The number of amides is 1. The molecule has 29 heavy (non-hydrogen) atoms. The topological polar surface area (TPSA) is 78.1 Å². The van der Waals surface area contributed by atoms with Crippen molar-refractivity contribution in [1.82, 2.24) is 4.57 Å². The number of fused-ring (bicyclic) bond motifs is 3. The zero-order valence-corrected chi connectivity index (χ0v) is 16.4. The summed E-state index contributed by atoms with van der Waals surface area (Å²) < 4.78 is 1.95. The van der Waals surface area contributed by atoms with Gasteiger partial charge in [-0.25, -0.2) is 0 Å². The van der Waals surface area contributed by atoms with Crippen molar-refractivity contribution < 1.29 is 9.90 Å². The lowest BCUT2D eigenvalue weighted by atomic mass is 10.1. The van der Waals surface area contributed by atoms with Crippen LogP contribution in [0.15, 0.2) is 66.7 Å². The van der Waals surface area contributed by atoms with Crippen molar-refractivity contribution in [3.63, 3.8) is 0 Å². The Hall–Kier alpha value is -3.33. The Labute approximate surface area is 172 Å². The Bertz CT molecular complexity index is 1230. The number of rotatable bonds is 4. The fraction of sp³-hybridized carbons (Fsp3) is 0.130. The van der Waals surface area contributed by atoms with Gasteiger partial charge < -0.3 is 15.0 Å². The van der Waals surface area contributed by atoms with Gasteiger partial charge in [0.05, 0.1) is 17.1 Å². The molecule has 1 atom stereocenters. The molecule has 0 radical (unpaired) electrons. The molecular weight excluding hydrogens is 386 g/mol. The molecular formula is C23H18ClN3O2. The predicted octanol–water partition coefficient (Wildman–Crippen LogP) is 4.71. The molecule has 1 aromatic heterocycles. The SMILES string of the molecule is CC(O)(Cn1c2ccccc2c2ccccc21)C(=O)Nc1ccc(C#N)c(Cl)c1. The number of aliphatic hydroxyl groups is 1. The summed E-state index contributed by atoms with van der Waals surface area (Å²) in [6.07, 6.45) is 0. The van der Waals surface area contributed by atoms with Gasteiger partial charge >= 0.3 is 0 Å². The number of benzene rings is 3. The molecule has 4 aromatic rings. The molecule has 6 heteroatoms. The molecule has 0 spiro atoms. The van der Waals surface area contributed by atoms with Crippen molar-refractivity contribution in [3.05, 3.63) is 77.3 Å². The Morgan fingerprint density at radius 1 is 1.10 bits per heavy atom. The van der Waals surface area contributed by atoms with E-state index < -0.39 is 11.5 Å². The van der Waals surface area contributed by atoms with Crippen molar-refractivity contribution in [2.75, 3.05) is 5.32 Å². The first kappa shape index (κ1) is 19.0. The first-order valence-corrected chi connectivity index (χ1v) is 9.48. The van der Waals surface area contributed by atoms with Crippen molar-refractivity contribution >= 4 is 45.0 Å². The number of aromatic nitrogens is 1. The highest BCUT2D eigenvalue weighted by atomic mass is 35.5. The summed E-state index contributed by atoms with van der Waals surface area (Å²) in [6, 6.07) is 22.4. The van der Waals surface area contributed by atoms with Gasteiger partial charge in [0.1, 0.15) is 6.07 Å². The molecule has 1 heterocycles. The average molecular weight is 404 g/mol. The summed E-state index contributed by atoms with van der Waals surface area (Å²) in [4.78, 5) is 12.8. The lowest BCUT2D eigenvalue weighted by Gasteiger charge is -2.24. The number of carbonyl (C=O) groups is 1. The average Bonchev–Trinajstić information content (AvgIpc) is 3.02. The van der Waals surface area contributed by atoms with Gasteiger partial charge in [0, 0.05) is 27.5 Å². The van der Waals surface area contributed by atoms with Crippen LogP contribution in [0.4, 0.5) is 5.69 Å². The highest BCUT2D eigenvalue weighted by Crippen LogP contribution is 2.30. The van der Waals surface area contributed by atoms with E-state index >= 15 is 0 Å². The minimum Gasteiger partial charge on any atom is -0.378 e. The highest BCUT2D eigenvalue weighted by Gasteiger charge is 2.32. The minimum absolute atomic E-state index is 0.0802. The third kappa shape index (κ3) is 3.44. The van der Waals surface area contributed by atoms with E-state index in [-0.39, 0.29) is 11.6 Å². The third-order valence-corrected chi connectivity index (χ3v) is 5.30. The second kappa shape index (κ2) is 7.25. The molecule has 5 nitrogen and oxygen atoms in total. The van der Waals surface area contributed by atoms with E-state index in [1.54, 1.807) is 6.07 Å². The number of halogens is 1. The maximum atomic E-state index is 12.8. The van der Waals surface area contributed by atoms with Gasteiger partial charge in [0.2, 0.25) is 0 Å². The van der Waals surface area contributed by atoms with Gasteiger partial charge in [-0.3, -0.25) is 4.79 Å². The number of hydrogen-bond donors (Lipinski definition) is 2. The zero-order valence-electron chi connectivity index (χ0n) is 15.7. The second-order valence-corrected chi connectivity index (χ2v) is 7.56. The minimum atomic E-state index is -1.68. The van der Waals surface area contributed by atoms with E-state index in [4.69, 9.17) is 16.9 Å². The van der Waals surface area contributed by atoms with E-state index in [1.807, 2.05) is 59.2 Å². The molecule has 0 saturated heterocycles. The smallest absolute Gasteiger partial charge is 0.257 e. The summed E-state index contributed by atoms with van der Waals surface area (Å²) in [5, 5.41) is 25.0. The summed E-state index contributed by atoms with van der Waals surface area (Å²) in [5.41, 5.74) is 0.958. The van der Waals surface area contributed by atoms with Crippen LogP contribution >= 0.6 is 11.6 Å². The zero-order chi connectivity index (χ0) is 20.6. The van der Waals surface area contributed by atoms with Crippen LogP contribution in [0.25, 0.3) is 21.8 Å². The van der Waals surface area contributed by atoms with Gasteiger partial charge in [0.25, 0.3) is 5.91 Å². The molecule has 0 aliphatic carbocycles. The quantitative estimate of drug-likeness (QED) is 0.518. The Balaban J connectivity index is 1.67. The second-order valence-electron chi connectivity index (χ2n) is 7.15. The van der Waals surface area contributed by atoms with Crippen LogP contribution in [-0.4, -0.2) is 21.2 Å². The van der Waals surface area contributed by atoms with Crippen LogP contribution in [0.2, 0.25) is 5.02 Å². The number of nitriles is 1. The monoisotopic (exact) mass is 403 g/mol. The maximum absolute atomic E-state index is 12.8. The first-order chi connectivity index (χ1) is 13.9. The van der Waals surface area contributed by atoms with Crippen LogP contribution in [0.5, 0.6) is 0 Å². The van der Waals surface area contributed by atoms with Crippen LogP contribution in [0, 0.1) is 11.3 Å². The van der Waals surface area contributed by atoms with Crippen molar-refractivity contribution in [1.29, 1.82) is 5.26 Å². The van der Waals surface area contributed by atoms with E-state index in [0.29, 0.717) is 11.3 Å². The number of para-hydroxylation sites is 2. The molecule has 2 N–H and O–H groups in total. The molecule has 0 aliphatic rings. The predicted molar refractivity (Wildman–Crippen MR) is 115 cm³/mol. The molecule has 0 bridgehead atoms. The van der Waals surface area contributed by atoms with Crippen molar-refractivity contribution in [2.45, 2.75) is 19.1 Å². The lowest BCUT2D eigenvalue weighted by Crippen LogP contribution is -2.43. The molecule has 0 fully saturated rings. The first-order valence-electron chi connectivity index (χ1n) is 9.10. The van der Waals surface area contributed by atoms with Crippen molar-refractivity contribution in [3.8, 4) is 6.07 Å². The fourth-order valence-corrected chi connectivity index (χ4v) is 3.73. The molecule has 1 amide bonds. The van der Waals surface area contributed by atoms with Gasteiger partial charge in [-0.2, -0.15) is 5.26 Å². The van der Waals surface area contributed by atoms with E-state index in [0.717, 1.165) is 21.8 Å². The summed E-state index contributed by atoms with van der Waals surface area (Å²) in [7, 11) is 0. The number of hydrogen-bond acceptors (Lipinski definition) is 3. The van der Waals surface area contributed by atoms with Crippen LogP contribution < -0.4 is 5.32 Å². The van der Waals surface area contributed by atoms with Gasteiger partial charge in [-0.15, -0.1) is 0 Å². The Kier molecular flexibility index (Phi) is 4.75. The number of nitrogens with one attached hydrogen (secondary N) is 1. The van der Waals surface area contributed by atoms with Gasteiger partial charge in [-0.05, 0) is 37.3 Å². The van der Waals surface area contributed by atoms with E-state index in [2.05, 4.69) is 5.32 Å². The number of anilines is 1. The highest BCUT2D eigenvalue weighted by molar-refractivity contribution is 6.32. The van der Waals surface area contributed by atoms with Crippen molar-refractivity contribution in [2.24, 2.45) is 0 Å². The Morgan fingerprint density at radius 2 is 1.69 bits per heavy atom. The third-order valence-electron chi connectivity index (χ3n) is 4.98. The van der Waals surface area contributed by atoms with Crippen LogP contribution in [-0.2, 0) is 11.3 Å². The van der Waals surface area contributed by atoms with Gasteiger partial charge in [0.15, 0.2) is 5.60 Å². The number of nitrogens with zero attached hydrogens (tertiary/aromatic N) is 2. The van der Waals surface area contributed by atoms with E-state index in [1.165, 1.54) is 19.1 Å². The molecule has 4 rings (SSSR count).